The molecular weight excluding hydrogens is 468 g/mol. The second kappa shape index (κ2) is 7.42. The van der Waals surface area contributed by atoms with E-state index in [1.165, 1.54) is 18.2 Å². The van der Waals surface area contributed by atoms with Gasteiger partial charge >= 0.3 is 21.2 Å². The maximum Gasteiger partial charge on any atom is 0.455 e. The van der Waals surface area contributed by atoms with Crippen LogP contribution in [-0.4, -0.2) is 39.4 Å². The van der Waals surface area contributed by atoms with Crippen LogP contribution in [0.2, 0.25) is 0 Å². The van der Waals surface area contributed by atoms with E-state index in [0.29, 0.717) is 18.4 Å². The van der Waals surface area contributed by atoms with Gasteiger partial charge in [0.25, 0.3) is 10.0 Å². The van der Waals surface area contributed by atoms with Gasteiger partial charge in [-0.05, 0) is 55.7 Å². The molecule has 2 atom stereocenters. The second-order valence-corrected chi connectivity index (χ2v) is 12.4. The molecule has 0 aliphatic heterocycles. The highest BCUT2D eigenvalue weighted by molar-refractivity contribution is 8.05. The predicted molar refractivity (Wildman–Crippen MR) is 108 cm³/mol. The van der Waals surface area contributed by atoms with Gasteiger partial charge in [0.15, 0.2) is 0 Å². The normalized spacial score (nSPS) is 29.7. The van der Waals surface area contributed by atoms with E-state index in [0.717, 1.165) is 16.3 Å². The SMILES string of the molecule is C=Cc1ccc(S(=O)(=O)NS(=O)(=O)C(F)(F)C(=O)OC23CC4CC(C2)C(=O)C(C4)C3)cc1. The Morgan fingerprint density at radius 2 is 1.66 bits per heavy atom. The minimum absolute atomic E-state index is 0.0299. The lowest BCUT2D eigenvalue weighted by atomic mass is 9.53. The van der Waals surface area contributed by atoms with Crippen LogP contribution in [0.25, 0.3) is 6.08 Å². The molecule has 0 radical (unpaired) electrons. The zero-order valence-electron chi connectivity index (χ0n) is 16.8. The molecule has 1 N–H and O–H groups in total. The van der Waals surface area contributed by atoms with Crippen LogP contribution in [0.3, 0.4) is 0 Å². The summed E-state index contributed by atoms with van der Waals surface area (Å²) < 4.78 is 84.4. The molecule has 4 fully saturated rings. The lowest BCUT2D eigenvalue weighted by Crippen LogP contribution is -2.59. The third-order valence-electron chi connectivity index (χ3n) is 6.47. The lowest BCUT2D eigenvalue weighted by Gasteiger charge is -2.54. The molecule has 5 rings (SSSR count). The summed E-state index contributed by atoms with van der Waals surface area (Å²) in [5, 5.41) is -5.16. The van der Waals surface area contributed by atoms with Crippen molar-refractivity contribution in [2.75, 3.05) is 0 Å². The molecule has 0 saturated heterocycles. The fourth-order valence-corrected chi connectivity index (χ4v) is 7.91. The van der Waals surface area contributed by atoms with Crippen molar-refractivity contribution in [2.45, 2.75) is 47.9 Å². The standard InChI is InChI=1S/C20H21F2NO7S2/c1-2-12-3-5-16(6-4-12)31(26,27)23-32(28,29)20(21,22)18(25)30-19-9-13-7-14(10-19)17(24)15(8-13)11-19/h2-6,13-15,23H,1,7-11H2. The average Bonchev–Trinajstić information content (AvgIpc) is 2.70. The van der Waals surface area contributed by atoms with Gasteiger partial charge in [0.1, 0.15) is 11.4 Å². The number of hydrogen-bond acceptors (Lipinski definition) is 7. The predicted octanol–water partition coefficient (Wildman–Crippen LogP) is 2.22. The molecule has 4 aliphatic carbocycles. The quantitative estimate of drug-likeness (QED) is 0.583. The van der Waals surface area contributed by atoms with Crippen LogP contribution in [0.5, 0.6) is 0 Å². The van der Waals surface area contributed by atoms with E-state index in [4.69, 9.17) is 4.74 Å². The van der Waals surface area contributed by atoms with Crippen LogP contribution < -0.4 is 4.13 Å². The number of sulfonamides is 2. The smallest absolute Gasteiger partial charge is 0.454 e. The number of carbonyl (C=O) groups is 2. The van der Waals surface area contributed by atoms with Gasteiger partial charge in [0.2, 0.25) is 0 Å². The van der Waals surface area contributed by atoms with Crippen molar-refractivity contribution in [3.8, 4) is 0 Å². The average molecular weight is 490 g/mol. The monoisotopic (exact) mass is 489 g/mol. The Morgan fingerprint density at radius 3 is 2.19 bits per heavy atom. The molecule has 1 aromatic rings. The van der Waals surface area contributed by atoms with Gasteiger partial charge in [-0.2, -0.15) is 8.78 Å². The van der Waals surface area contributed by atoms with E-state index in [9.17, 15) is 35.2 Å². The molecule has 4 saturated carbocycles. The zero-order valence-corrected chi connectivity index (χ0v) is 18.4. The molecule has 8 nitrogen and oxygen atoms in total. The summed E-state index contributed by atoms with van der Waals surface area (Å²) in [5.74, 6) is -3.06. The van der Waals surface area contributed by atoms with Gasteiger partial charge in [-0.25, -0.2) is 21.6 Å². The minimum Gasteiger partial charge on any atom is -0.454 e. The maximum atomic E-state index is 14.7. The van der Waals surface area contributed by atoms with Crippen molar-refractivity contribution in [3.05, 3.63) is 36.4 Å². The first-order valence-corrected chi connectivity index (χ1v) is 12.9. The van der Waals surface area contributed by atoms with Crippen LogP contribution >= 0.6 is 0 Å². The molecule has 2 unspecified atom stereocenters. The van der Waals surface area contributed by atoms with Crippen molar-refractivity contribution >= 4 is 37.9 Å². The molecule has 1 aromatic carbocycles. The summed E-state index contributed by atoms with van der Waals surface area (Å²) in [6.45, 7) is 3.48. The Morgan fingerprint density at radius 1 is 1.09 bits per heavy atom. The number of benzene rings is 1. The van der Waals surface area contributed by atoms with Gasteiger partial charge in [-0.3, -0.25) is 4.79 Å². The Kier molecular flexibility index (Phi) is 5.33. The summed E-state index contributed by atoms with van der Waals surface area (Å²) in [5.41, 5.74) is -0.811. The highest BCUT2D eigenvalue weighted by Gasteiger charge is 2.62. The number of rotatable bonds is 7. The molecule has 0 heterocycles. The minimum atomic E-state index is -6.01. The van der Waals surface area contributed by atoms with Crippen LogP contribution in [0.1, 0.15) is 37.7 Å². The van der Waals surface area contributed by atoms with Crippen LogP contribution in [0, 0.1) is 17.8 Å². The van der Waals surface area contributed by atoms with E-state index >= 15 is 0 Å². The fraction of sp³-hybridized carbons (Fsp3) is 0.500. The molecule has 12 heteroatoms. The summed E-state index contributed by atoms with van der Waals surface area (Å²) in [7, 11) is -10.9. The zero-order chi connectivity index (χ0) is 23.5. The molecule has 0 amide bonds. The van der Waals surface area contributed by atoms with Crippen molar-refractivity contribution < 1.29 is 39.9 Å². The van der Waals surface area contributed by atoms with Crippen LogP contribution in [0.4, 0.5) is 8.78 Å². The molecule has 0 spiro atoms. The van der Waals surface area contributed by atoms with E-state index in [-0.39, 0.29) is 31.0 Å². The van der Waals surface area contributed by atoms with E-state index in [2.05, 4.69) is 6.58 Å². The Bertz CT molecular complexity index is 1170. The molecule has 32 heavy (non-hydrogen) atoms. The first-order valence-electron chi connectivity index (χ1n) is 9.94. The third-order valence-corrected chi connectivity index (χ3v) is 9.96. The van der Waals surface area contributed by atoms with Crippen molar-refractivity contribution in [1.29, 1.82) is 0 Å². The Hall–Kier alpha value is -2.18. The Labute approximate surface area is 184 Å². The number of Topliss-reactive ketones (excluding diaryl/α,β-unsaturated/α-hetero) is 1. The first kappa shape index (κ1) is 23.0. The summed E-state index contributed by atoms with van der Waals surface area (Å²) in [6.07, 6.45) is 3.03. The topological polar surface area (TPSA) is 124 Å². The van der Waals surface area contributed by atoms with E-state index in [1.807, 2.05) is 0 Å². The highest BCUT2D eigenvalue weighted by atomic mass is 32.3. The first-order chi connectivity index (χ1) is 14.8. The number of halogens is 2. The largest absolute Gasteiger partial charge is 0.455 e. The molecule has 0 aromatic heterocycles. The van der Waals surface area contributed by atoms with E-state index < -0.39 is 53.6 Å². The number of ketones is 1. The maximum absolute atomic E-state index is 14.7. The van der Waals surface area contributed by atoms with Gasteiger partial charge in [-0.15, -0.1) is 0 Å². The van der Waals surface area contributed by atoms with Gasteiger partial charge in [-0.1, -0.05) is 28.9 Å². The van der Waals surface area contributed by atoms with Gasteiger partial charge < -0.3 is 4.74 Å². The molecule has 4 bridgehead atoms. The Balaban J connectivity index is 1.53. The van der Waals surface area contributed by atoms with E-state index in [1.54, 1.807) is 0 Å². The van der Waals surface area contributed by atoms with Crippen molar-refractivity contribution in [1.82, 2.24) is 4.13 Å². The fourth-order valence-electron chi connectivity index (χ4n) is 5.19. The second-order valence-electron chi connectivity index (χ2n) is 8.70. The summed E-state index contributed by atoms with van der Waals surface area (Å²) >= 11 is 0. The lowest BCUT2D eigenvalue weighted by molar-refractivity contribution is -0.201. The molecular formula is C20H21F2NO7S2. The highest BCUT2D eigenvalue weighted by Crippen LogP contribution is 2.56. The molecule has 4 aliphatic rings. The van der Waals surface area contributed by atoms with Gasteiger partial charge in [0.05, 0.1) is 4.90 Å². The number of alkyl halides is 2. The summed E-state index contributed by atoms with van der Waals surface area (Å²) in [6, 6.07) is 4.62. The van der Waals surface area contributed by atoms with Crippen molar-refractivity contribution in [2.24, 2.45) is 17.8 Å². The summed E-state index contributed by atoms with van der Waals surface area (Å²) in [4.78, 5) is 23.9. The third kappa shape index (κ3) is 3.77. The van der Waals surface area contributed by atoms with Gasteiger partial charge in [0, 0.05) is 11.8 Å². The number of hydrogen-bond donors (Lipinski definition) is 1. The van der Waals surface area contributed by atoms with Crippen LogP contribution in [0.15, 0.2) is 35.7 Å². The molecule has 174 valence electrons. The number of ether oxygens (including phenoxy) is 1. The van der Waals surface area contributed by atoms with Crippen LogP contribution in [-0.2, 0) is 34.4 Å². The number of carbonyl (C=O) groups excluding carboxylic acids is 2. The van der Waals surface area contributed by atoms with Crippen molar-refractivity contribution in [3.63, 3.8) is 0 Å². The number of nitrogens with one attached hydrogen (secondary N) is 1. The number of esters is 1.